The topological polar surface area (TPSA) is 266 Å². The Morgan fingerprint density at radius 1 is 1.13 bits per heavy atom. The highest BCUT2D eigenvalue weighted by molar-refractivity contribution is 5.99. The number of benzene rings is 2. The van der Waals surface area contributed by atoms with E-state index in [0.29, 0.717) is 33.8 Å². The molecule has 2 amide bonds. The molecule has 1 fully saturated rings. The van der Waals surface area contributed by atoms with Crippen LogP contribution in [0.5, 0.6) is 11.5 Å². The second kappa shape index (κ2) is 20.1. The van der Waals surface area contributed by atoms with Crippen molar-refractivity contribution in [3.05, 3.63) is 89.0 Å². The summed E-state index contributed by atoms with van der Waals surface area (Å²) in [5.41, 5.74) is 13.8. The van der Waals surface area contributed by atoms with Crippen molar-refractivity contribution in [3.8, 4) is 22.6 Å². The maximum atomic E-state index is 15.4. The van der Waals surface area contributed by atoms with Gasteiger partial charge < -0.3 is 65.5 Å². The number of imidazole rings is 1. The van der Waals surface area contributed by atoms with Gasteiger partial charge in [-0.15, -0.1) is 0 Å². The zero-order chi connectivity index (χ0) is 45.5. The molecule has 334 valence electrons. The van der Waals surface area contributed by atoms with Crippen LogP contribution in [0.15, 0.2) is 71.1 Å². The van der Waals surface area contributed by atoms with E-state index in [9.17, 15) is 39.2 Å². The molecule has 4 atom stereocenters. The number of aliphatic imine (C=N–C) groups is 1. The van der Waals surface area contributed by atoms with Crippen molar-refractivity contribution >= 4 is 35.0 Å². The van der Waals surface area contributed by atoms with Gasteiger partial charge in [0.25, 0.3) is 0 Å². The number of ether oxygens (including phenoxy) is 4. The van der Waals surface area contributed by atoms with Crippen LogP contribution in [0.1, 0.15) is 51.3 Å². The number of nitrogens with zero attached hydrogens (tertiary/aromatic N) is 4. The number of carboxylic acid groups (broad SMARTS) is 1. The molecule has 1 saturated heterocycles. The minimum atomic E-state index is -1.60. The average molecular weight is 868 g/mol. The van der Waals surface area contributed by atoms with Crippen LogP contribution >= 0.6 is 0 Å². The number of carboxylic acids is 1. The molecule has 3 heterocycles. The highest BCUT2D eigenvalue weighted by Gasteiger charge is 2.41. The van der Waals surface area contributed by atoms with E-state index in [1.165, 1.54) is 50.1 Å². The van der Waals surface area contributed by atoms with Crippen molar-refractivity contribution < 1.29 is 62.5 Å². The van der Waals surface area contributed by atoms with Gasteiger partial charge in [0.15, 0.2) is 17.7 Å². The monoisotopic (exact) mass is 867 g/mol. The molecule has 0 aliphatic carbocycles. The Morgan fingerprint density at radius 2 is 1.87 bits per heavy atom. The van der Waals surface area contributed by atoms with E-state index in [1.54, 1.807) is 42.9 Å². The molecule has 0 unspecified atom stereocenters. The number of halogens is 2. The summed E-state index contributed by atoms with van der Waals surface area (Å²) in [6.07, 6.45) is -3.94. The molecule has 1 aliphatic rings. The van der Waals surface area contributed by atoms with Crippen LogP contribution in [0, 0.1) is 11.6 Å². The van der Waals surface area contributed by atoms with Gasteiger partial charge >= 0.3 is 12.1 Å². The molecule has 2 aromatic heterocycles. The number of carbonyl (C=O) groups is 3. The molecule has 4 aromatic rings. The van der Waals surface area contributed by atoms with Crippen LogP contribution in [0.4, 0.5) is 19.3 Å². The molecular weight excluding hydrogens is 816 g/mol. The maximum Gasteiger partial charge on any atom is 0.410 e. The van der Waals surface area contributed by atoms with Gasteiger partial charge in [0.1, 0.15) is 24.1 Å². The molecule has 5 rings (SSSR count). The van der Waals surface area contributed by atoms with Crippen molar-refractivity contribution in [1.82, 2.24) is 14.3 Å². The lowest BCUT2D eigenvalue weighted by molar-refractivity contribution is -0.238. The van der Waals surface area contributed by atoms with Gasteiger partial charge in [-0.2, -0.15) is 4.39 Å². The number of rotatable bonds is 17. The van der Waals surface area contributed by atoms with E-state index in [0.717, 1.165) is 6.07 Å². The number of amides is 2. The predicted octanol–water partition coefficient (Wildman–Crippen LogP) is 3.48. The maximum absolute atomic E-state index is 15.4. The number of aliphatic hydroxyl groups is 3. The lowest BCUT2D eigenvalue weighted by atomic mass is 9.96. The Bertz CT molecular complexity index is 2350. The minimum absolute atomic E-state index is 0.000733. The Balaban J connectivity index is 1.30. The lowest BCUT2D eigenvalue weighted by Gasteiger charge is -2.35. The first kappa shape index (κ1) is 46.9. The molecule has 62 heavy (non-hydrogen) atoms. The fourth-order valence-electron chi connectivity index (χ4n) is 6.47. The van der Waals surface area contributed by atoms with Crippen molar-refractivity contribution in [2.45, 2.75) is 83.4 Å². The second-order valence-corrected chi connectivity index (χ2v) is 15.1. The third kappa shape index (κ3) is 11.2. The van der Waals surface area contributed by atoms with E-state index in [1.807, 2.05) is 0 Å². The molecular formula is C42H51F2N7O11. The van der Waals surface area contributed by atoms with Gasteiger partial charge in [-0.3, -0.25) is 9.79 Å². The van der Waals surface area contributed by atoms with Crippen LogP contribution in [0.3, 0.4) is 0 Å². The molecule has 18 nitrogen and oxygen atoms in total. The number of pyridine rings is 1. The van der Waals surface area contributed by atoms with E-state index >= 15 is 4.39 Å². The Labute approximate surface area is 355 Å². The van der Waals surface area contributed by atoms with Crippen LogP contribution in [0.2, 0.25) is 0 Å². The molecule has 20 heteroatoms. The molecule has 2 aromatic carbocycles. The number of carbonyl (C=O) groups excluding carboxylic acids is 2. The average Bonchev–Trinajstić information content (AvgIpc) is 3.62. The van der Waals surface area contributed by atoms with Gasteiger partial charge in [-0.05, 0) is 68.3 Å². The highest BCUT2D eigenvalue weighted by atomic mass is 19.2. The number of aliphatic hydroxyl groups excluding tert-OH is 2. The molecule has 0 radical (unpaired) electrons. The van der Waals surface area contributed by atoms with E-state index in [-0.39, 0.29) is 74.0 Å². The van der Waals surface area contributed by atoms with Crippen molar-refractivity contribution in [2.24, 2.45) is 16.5 Å². The molecule has 0 saturated carbocycles. The number of nitrogens with one attached hydrogen (secondary N) is 1. The first-order valence-corrected chi connectivity index (χ1v) is 19.5. The first-order chi connectivity index (χ1) is 29.3. The highest BCUT2D eigenvalue weighted by Crippen LogP contribution is 2.35. The summed E-state index contributed by atoms with van der Waals surface area (Å²) in [4.78, 5) is 47.1. The SMILES string of the molecule is CN=C(C)C(CCOc1c(-c2ccc3ncc(CN(C)C(=O)OCc4ccc(O[C@@H]5O[C@H](C(=O)O)C[C@H](O)[C@H]5O)c(NC(=O)CCN)c4)n3c2)ccc(F)c1F)=C(N)C(C)(C)O. The normalized spacial score (nSPS) is 18.5. The minimum Gasteiger partial charge on any atom is -0.489 e. The fourth-order valence-corrected chi connectivity index (χ4v) is 6.47. The molecule has 0 spiro atoms. The number of anilines is 1. The third-order valence-electron chi connectivity index (χ3n) is 10.0. The third-order valence-corrected chi connectivity index (χ3v) is 10.0. The first-order valence-electron chi connectivity index (χ1n) is 19.5. The predicted molar refractivity (Wildman–Crippen MR) is 221 cm³/mol. The Kier molecular flexibility index (Phi) is 15.2. The Morgan fingerprint density at radius 3 is 2.55 bits per heavy atom. The number of fused-ring (bicyclic) bond motifs is 1. The van der Waals surface area contributed by atoms with Crippen LogP contribution < -0.4 is 26.3 Å². The fraction of sp³-hybridized carbons (Fsp3) is 0.405. The summed E-state index contributed by atoms with van der Waals surface area (Å²) in [5, 5.41) is 43.2. The number of hydrogen-bond donors (Lipinski definition) is 7. The Hall–Kier alpha value is -6.19. The summed E-state index contributed by atoms with van der Waals surface area (Å²) >= 11 is 0. The molecule has 1 aliphatic heterocycles. The standard InChI is InChI=1S/C42H51F2N7O11/c1-22(47-4)26(38(46)42(2,3)58)13-15-59-37-27(8-9-28(43)35(37)44)24-7-11-33-48-18-25(51(33)19-24)20-50(5)41(57)60-21-23-6-10-31(29(16-23)49-34(53)12-14-45)61-40-36(54)30(52)17-32(62-40)39(55)56/h6-11,16,18-19,30,32,36,40,52,54,58H,12-15,17,20-21,45-46H2,1-5H3,(H,49,53)(H,55,56)/t30-,32-,36+,40+/m0/s1. The summed E-state index contributed by atoms with van der Waals surface area (Å²) in [7, 11) is 3.06. The van der Waals surface area contributed by atoms with E-state index in [2.05, 4.69) is 15.3 Å². The molecule has 9 N–H and O–H groups in total. The number of nitrogens with two attached hydrogens (primary N) is 2. The van der Waals surface area contributed by atoms with E-state index in [4.69, 9.17) is 30.4 Å². The smallest absolute Gasteiger partial charge is 0.410 e. The van der Waals surface area contributed by atoms with Gasteiger partial charge in [-0.1, -0.05) is 6.07 Å². The van der Waals surface area contributed by atoms with Crippen LogP contribution in [-0.2, 0) is 32.2 Å². The zero-order valence-corrected chi connectivity index (χ0v) is 34.8. The van der Waals surface area contributed by atoms with Crippen LogP contribution in [0.25, 0.3) is 16.8 Å². The summed E-state index contributed by atoms with van der Waals surface area (Å²) in [5.74, 6) is -4.54. The summed E-state index contributed by atoms with van der Waals surface area (Å²) in [6.45, 7) is 4.41. The van der Waals surface area contributed by atoms with Gasteiger partial charge in [0.2, 0.25) is 18.0 Å². The van der Waals surface area contributed by atoms with Crippen molar-refractivity contribution in [1.29, 1.82) is 0 Å². The van der Waals surface area contributed by atoms with Gasteiger partial charge in [0.05, 0.1) is 42.4 Å². The lowest BCUT2D eigenvalue weighted by Crippen LogP contribution is -2.52. The number of aromatic nitrogens is 2. The zero-order valence-electron chi connectivity index (χ0n) is 34.8. The second-order valence-electron chi connectivity index (χ2n) is 15.1. The van der Waals surface area contributed by atoms with E-state index < -0.39 is 59.8 Å². The summed E-state index contributed by atoms with van der Waals surface area (Å²) < 4.78 is 54.1. The summed E-state index contributed by atoms with van der Waals surface area (Å²) in [6, 6.07) is 10.0. The quantitative estimate of drug-likeness (QED) is 0.0750. The van der Waals surface area contributed by atoms with Gasteiger partial charge in [-0.25, -0.2) is 19.0 Å². The van der Waals surface area contributed by atoms with Crippen LogP contribution in [-0.4, -0.2) is 116 Å². The largest absolute Gasteiger partial charge is 0.489 e. The van der Waals surface area contributed by atoms with Crippen molar-refractivity contribution in [3.63, 3.8) is 0 Å². The number of hydrogen-bond acceptors (Lipinski definition) is 14. The number of aliphatic carboxylic acids is 1. The molecule has 0 bridgehead atoms. The van der Waals surface area contributed by atoms with Gasteiger partial charge in [0, 0.05) is 68.6 Å². The van der Waals surface area contributed by atoms with Crippen molar-refractivity contribution in [2.75, 3.05) is 32.6 Å².